The minimum atomic E-state index is -0.909. The predicted molar refractivity (Wildman–Crippen MR) is 106 cm³/mol. The molecule has 2 aliphatic rings. The van der Waals surface area contributed by atoms with Crippen LogP contribution in [0.4, 0.5) is 10.1 Å². The first-order valence-electron chi connectivity index (χ1n) is 10.1. The van der Waals surface area contributed by atoms with Crippen molar-refractivity contribution in [2.75, 3.05) is 32.1 Å². The molecular weight excluding hydrogens is 359 g/mol. The van der Waals surface area contributed by atoms with Crippen molar-refractivity contribution in [3.63, 3.8) is 0 Å². The fourth-order valence-corrected chi connectivity index (χ4v) is 4.23. The lowest BCUT2D eigenvalue weighted by molar-refractivity contribution is 0.101. The first kappa shape index (κ1) is 19.0. The molecule has 1 saturated heterocycles. The van der Waals surface area contributed by atoms with Crippen LogP contribution in [0.5, 0.6) is 0 Å². The minimum absolute atomic E-state index is 0.129. The SMILES string of the molecule is CCOC1=c2cc[nH]c2=NC(Nc2cnn(C3CCN(C)CC3F)c2)C1CC. The Hall–Kier alpha value is -2.35. The number of nitrogens with zero attached hydrogens (tertiary/aromatic N) is 4. The summed E-state index contributed by atoms with van der Waals surface area (Å²) in [6.07, 6.45) is 6.15. The maximum absolute atomic E-state index is 14.5. The molecule has 0 aromatic carbocycles. The number of H-pyrrole nitrogens is 1. The van der Waals surface area contributed by atoms with Gasteiger partial charge in [0.25, 0.3) is 0 Å². The van der Waals surface area contributed by atoms with E-state index in [0.717, 1.165) is 41.5 Å². The van der Waals surface area contributed by atoms with E-state index in [1.807, 2.05) is 37.3 Å². The summed E-state index contributed by atoms with van der Waals surface area (Å²) in [5, 5.41) is 8.95. The maximum atomic E-state index is 14.5. The molecule has 8 heteroatoms. The number of ether oxygens (including phenoxy) is 1. The molecule has 0 saturated carbocycles. The highest BCUT2D eigenvalue weighted by Gasteiger charge is 2.31. The topological polar surface area (TPSA) is 70.5 Å². The molecular formula is C20H29FN6O. The van der Waals surface area contributed by atoms with Gasteiger partial charge in [0.05, 0.1) is 35.7 Å². The molecule has 28 heavy (non-hydrogen) atoms. The Morgan fingerprint density at radius 2 is 2.25 bits per heavy atom. The number of rotatable bonds is 6. The number of hydrogen-bond donors (Lipinski definition) is 2. The van der Waals surface area contributed by atoms with E-state index in [2.05, 4.69) is 22.3 Å². The van der Waals surface area contributed by atoms with Gasteiger partial charge in [-0.25, -0.2) is 9.38 Å². The van der Waals surface area contributed by atoms with Gasteiger partial charge in [0, 0.05) is 25.5 Å². The van der Waals surface area contributed by atoms with Crippen LogP contribution in [-0.4, -0.2) is 58.7 Å². The van der Waals surface area contributed by atoms with Gasteiger partial charge in [-0.05, 0) is 32.9 Å². The fraction of sp³-hybridized carbons (Fsp3) is 0.600. The van der Waals surface area contributed by atoms with Crippen molar-refractivity contribution in [2.45, 2.75) is 45.1 Å². The highest BCUT2D eigenvalue weighted by molar-refractivity contribution is 5.47. The van der Waals surface area contributed by atoms with E-state index in [0.29, 0.717) is 13.2 Å². The lowest BCUT2D eigenvalue weighted by Crippen LogP contribution is -2.42. The average Bonchev–Trinajstić information content (AvgIpc) is 3.31. The zero-order valence-corrected chi connectivity index (χ0v) is 16.7. The van der Waals surface area contributed by atoms with Gasteiger partial charge in [-0.15, -0.1) is 0 Å². The molecule has 4 atom stereocenters. The lowest BCUT2D eigenvalue weighted by atomic mass is 9.97. The summed E-state index contributed by atoms with van der Waals surface area (Å²) in [6.45, 7) is 6.09. The van der Waals surface area contributed by atoms with Crippen molar-refractivity contribution in [1.82, 2.24) is 19.7 Å². The molecule has 2 aliphatic heterocycles. The third kappa shape index (κ3) is 3.53. The molecule has 0 spiro atoms. The molecule has 2 aromatic heterocycles. The predicted octanol–water partition coefficient (Wildman–Crippen LogP) is 1.67. The van der Waals surface area contributed by atoms with Crippen LogP contribution in [-0.2, 0) is 4.74 Å². The van der Waals surface area contributed by atoms with Crippen molar-refractivity contribution in [3.05, 3.63) is 35.4 Å². The zero-order valence-electron chi connectivity index (χ0n) is 16.7. The molecule has 0 radical (unpaired) electrons. The van der Waals surface area contributed by atoms with Crippen molar-refractivity contribution in [1.29, 1.82) is 0 Å². The smallest absolute Gasteiger partial charge is 0.138 e. The van der Waals surface area contributed by atoms with Crippen LogP contribution in [0, 0.1) is 5.92 Å². The summed E-state index contributed by atoms with van der Waals surface area (Å²) in [6, 6.07) is 1.81. The highest BCUT2D eigenvalue weighted by Crippen LogP contribution is 2.28. The normalized spacial score (nSPS) is 27.9. The van der Waals surface area contributed by atoms with Crippen LogP contribution >= 0.6 is 0 Å². The first-order valence-corrected chi connectivity index (χ1v) is 10.1. The number of piperidine rings is 1. The van der Waals surface area contributed by atoms with Gasteiger partial charge in [0.15, 0.2) is 0 Å². The lowest BCUT2D eigenvalue weighted by Gasteiger charge is -2.32. The zero-order chi connectivity index (χ0) is 19.7. The van der Waals surface area contributed by atoms with Crippen LogP contribution in [0.1, 0.15) is 32.7 Å². The molecule has 1 fully saturated rings. The summed E-state index contributed by atoms with van der Waals surface area (Å²) < 4.78 is 22.2. The molecule has 0 amide bonds. The Balaban J connectivity index is 1.56. The van der Waals surface area contributed by atoms with Crippen LogP contribution in [0.2, 0.25) is 0 Å². The summed E-state index contributed by atoms with van der Waals surface area (Å²) in [4.78, 5) is 10.1. The molecule has 2 aromatic rings. The van der Waals surface area contributed by atoms with Crippen molar-refractivity contribution >= 4 is 11.4 Å². The molecule has 0 bridgehead atoms. The molecule has 4 heterocycles. The number of fused-ring (bicyclic) bond motifs is 1. The van der Waals surface area contributed by atoms with Gasteiger partial charge in [-0.1, -0.05) is 6.92 Å². The molecule has 7 nitrogen and oxygen atoms in total. The van der Waals surface area contributed by atoms with Crippen molar-refractivity contribution in [3.8, 4) is 0 Å². The van der Waals surface area contributed by atoms with Gasteiger partial charge in [-0.2, -0.15) is 5.10 Å². The summed E-state index contributed by atoms with van der Waals surface area (Å²) in [7, 11) is 1.95. The van der Waals surface area contributed by atoms with Crippen LogP contribution < -0.4 is 16.0 Å². The van der Waals surface area contributed by atoms with Crippen molar-refractivity contribution in [2.24, 2.45) is 10.9 Å². The third-order valence-corrected chi connectivity index (χ3v) is 5.68. The number of anilines is 1. The standard InChI is InChI=1S/C20H29FN6O/c1-4-14-18(28-5-2)15-6-8-22-19(15)25-20(14)24-13-10-23-27(11-13)17-7-9-26(3)12-16(17)21/h6,8,10-11,14,16-17,20,24H,4-5,7,9,12H2,1-3H3,(H,22,25). The molecule has 2 N–H and O–H groups in total. The van der Waals surface area contributed by atoms with E-state index in [-0.39, 0.29) is 18.1 Å². The van der Waals surface area contributed by atoms with E-state index in [1.165, 1.54) is 0 Å². The van der Waals surface area contributed by atoms with Gasteiger partial charge in [0.1, 0.15) is 23.6 Å². The first-order chi connectivity index (χ1) is 13.6. The third-order valence-electron chi connectivity index (χ3n) is 5.68. The number of nitrogens with one attached hydrogen (secondary N) is 2. The van der Waals surface area contributed by atoms with E-state index in [4.69, 9.17) is 9.73 Å². The van der Waals surface area contributed by atoms with E-state index in [1.54, 1.807) is 10.9 Å². The van der Waals surface area contributed by atoms with Gasteiger partial charge >= 0.3 is 0 Å². The number of alkyl halides is 1. The second kappa shape index (κ2) is 7.95. The largest absolute Gasteiger partial charge is 0.497 e. The van der Waals surface area contributed by atoms with Crippen LogP contribution in [0.25, 0.3) is 5.76 Å². The fourth-order valence-electron chi connectivity index (χ4n) is 4.23. The Morgan fingerprint density at radius 1 is 1.39 bits per heavy atom. The summed E-state index contributed by atoms with van der Waals surface area (Å²) in [5.74, 6) is 1.10. The summed E-state index contributed by atoms with van der Waals surface area (Å²) in [5.41, 5.74) is 1.68. The van der Waals surface area contributed by atoms with Crippen LogP contribution in [0.3, 0.4) is 0 Å². The Bertz CT molecular complexity index is 921. The minimum Gasteiger partial charge on any atom is -0.497 e. The Kier molecular flexibility index (Phi) is 5.39. The monoisotopic (exact) mass is 388 g/mol. The van der Waals surface area contributed by atoms with E-state index >= 15 is 0 Å². The average molecular weight is 388 g/mol. The van der Waals surface area contributed by atoms with E-state index < -0.39 is 6.17 Å². The second-order valence-corrected chi connectivity index (χ2v) is 7.61. The molecule has 152 valence electrons. The maximum Gasteiger partial charge on any atom is 0.138 e. The van der Waals surface area contributed by atoms with Gasteiger partial charge < -0.3 is 19.9 Å². The number of likely N-dealkylation sites (tertiary alicyclic amines) is 1. The second-order valence-electron chi connectivity index (χ2n) is 7.61. The van der Waals surface area contributed by atoms with Gasteiger partial charge in [0.2, 0.25) is 0 Å². The highest BCUT2D eigenvalue weighted by atomic mass is 19.1. The number of aromatic amines is 1. The molecule has 4 unspecified atom stereocenters. The number of halogens is 1. The van der Waals surface area contributed by atoms with E-state index in [9.17, 15) is 4.39 Å². The van der Waals surface area contributed by atoms with Gasteiger partial charge in [-0.3, -0.25) is 4.68 Å². The van der Waals surface area contributed by atoms with Crippen molar-refractivity contribution < 1.29 is 9.13 Å². The summed E-state index contributed by atoms with van der Waals surface area (Å²) >= 11 is 0. The quantitative estimate of drug-likeness (QED) is 0.790. The van der Waals surface area contributed by atoms with Crippen LogP contribution in [0.15, 0.2) is 29.6 Å². The molecule has 0 aliphatic carbocycles. The number of aromatic nitrogens is 3. The Morgan fingerprint density at radius 3 is 3.00 bits per heavy atom. The number of hydrogen-bond acceptors (Lipinski definition) is 5. The Labute approximate surface area is 164 Å². The molecule has 4 rings (SSSR count).